The maximum Gasteiger partial charge on any atom is 0.262 e. The Morgan fingerprint density at radius 2 is 1.80 bits per heavy atom. The van der Waals surface area contributed by atoms with Crippen molar-refractivity contribution in [2.45, 2.75) is 19.4 Å². The highest BCUT2D eigenvalue weighted by molar-refractivity contribution is 6.03. The van der Waals surface area contributed by atoms with E-state index in [1.165, 1.54) is 0 Å². The second-order valence-corrected chi connectivity index (χ2v) is 7.32. The summed E-state index contributed by atoms with van der Waals surface area (Å²) in [6.45, 7) is 3.04. The minimum atomic E-state index is -0.656. The van der Waals surface area contributed by atoms with Crippen molar-refractivity contribution < 1.29 is 14.3 Å². The molecule has 0 fully saturated rings. The van der Waals surface area contributed by atoms with Gasteiger partial charge in [-0.3, -0.25) is 9.59 Å². The summed E-state index contributed by atoms with van der Waals surface area (Å²) >= 11 is 0. The Morgan fingerprint density at radius 3 is 2.67 bits per heavy atom. The summed E-state index contributed by atoms with van der Waals surface area (Å²) in [4.78, 5) is 27.3. The predicted molar refractivity (Wildman–Crippen MR) is 119 cm³/mol. The van der Waals surface area contributed by atoms with Gasteiger partial charge in [0.1, 0.15) is 5.75 Å². The van der Waals surface area contributed by atoms with Crippen LogP contribution in [-0.4, -0.2) is 37.6 Å². The number of hydrogen-bond acceptors (Lipinski definition) is 4. The van der Waals surface area contributed by atoms with Crippen LogP contribution in [0.5, 0.6) is 5.75 Å². The van der Waals surface area contributed by atoms with Gasteiger partial charge >= 0.3 is 0 Å². The van der Waals surface area contributed by atoms with Crippen molar-refractivity contribution >= 4 is 34.0 Å². The van der Waals surface area contributed by atoms with Crippen LogP contribution in [0.1, 0.15) is 13.3 Å². The molecular formula is C24H25N3O3. The molecule has 6 heteroatoms. The van der Waals surface area contributed by atoms with E-state index in [4.69, 9.17) is 4.74 Å². The maximum absolute atomic E-state index is 12.9. The molecule has 1 heterocycles. The summed E-state index contributed by atoms with van der Waals surface area (Å²) < 4.78 is 5.89. The molecular weight excluding hydrogens is 378 g/mol. The standard InChI is InChI=1S/C24H25N3O3/c1-2-14-25-24(29)22-15-27(20-12-5-6-13-21(20)30-22)16-23(28)26-19-11-7-9-17-8-3-4-10-18(17)19/h3-13,22H,2,14-16H2,1H3,(H,25,29)(H,26,28)/t22-/m0/s1. The van der Waals surface area contributed by atoms with Crippen LogP contribution in [0.2, 0.25) is 0 Å². The van der Waals surface area contributed by atoms with Gasteiger partial charge in [-0.2, -0.15) is 0 Å². The van der Waals surface area contributed by atoms with Gasteiger partial charge in [0.2, 0.25) is 5.91 Å². The van der Waals surface area contributed by atoms with Crippen molar-refractivity contribution in [3.05, 3.63) is 66.7 Å². The molecule has 3 aromatic carbocycles. The first-order chi connectivity index (χ1) is 14.7. The number of ether oxygens (including phenoxy) is 1. The Morgan fingerprint density at radius 1 is 1.03 bits per heavy atom. The van der Waals surface area contributed by atoms with Gasteiger partial charge in [0, 0.05) is 17.6 Å². The largest absolute Gasteiger partial charge is 0.477 e. The van der Waals surface area contributed by atoms with E-state index >= 15 is 0 Å². The van der Waals surface area contributed by atoms with Crippen molar-refractivity contribution in [1.29, 1.82) is 0 Å². The molecule has 30 heavy (non-hydrogen) atoms. The second kappa shape index (κ2) is 8.86. The van der Waals surface area contributed by atoms with Gasteiger partial charge in [0.25, 0.3) is 5.91 Å². The molecule has 0 saturated carbocycles. The van der Waals surface area contributed by atoms with Crippen molar-refractivity contribution in [2.24, 2.45) is 0 Å². The van der Waals surface area contributed by atoms with Gasteiger partial charge in [0.05, 0.1) is 18.8 Å². The molecule has 2 amide bonds. The fourth-order valence-corrected chi connectivity index (χ4v) is 3.65. The molecule has 0 radical (unpaired) electrons. The van der Waals surface area contributed by atoms with Crippen LogP contribution in [-0.2, 0) is 9.59 Å². The normalized spacial score (nSPS) is 15.2. The lowest BCUT2D eigenvalue weighted by molar-refractivity contribution is -0.128. The Balaban J connectivity index is 1.52. The Bertz CT molecular complexity index is 1060. The van der Waals surface area contributed by atoms with Crippen molar-refractivity contribution in [3.63, 3.8) is 0 Å². The number of carbonyl (C=O) groups excluding carboxylic acids is 2. The van der Waals surface area contributed by atoms with Crippen LogP contribution in [0.25, 0.3) is 10.8 Å². The van der Waals surface area contributed by atoms with Crippen LogP contribution in [0.15, 0.2) is 66.7 Å². The van der Waals surface area contributed by atoms with Crippen LogP contribution in [0, 0.1) is 0 Å². The molecule has 1 aliphatic rings. The van der Waals surface area contributed by atoms with Crippen LogP contribution in [0.3, 0.4) is 0 Å². The quantitative estimate of drug-likeness (QED) is 0.660. The van der Waals surface area contributed by atoms with Gasteiger partial charge in [-0.1, -0.05) is 55.5 Å². The second-order valence-electron chi connectivity index (χ2n) is 7.32. The van der Waals surface area contributed by atoms with Gasteiger partial charge in [0.15, 0.2) is 6.10 Å². The van der Waals surface area contributed by atoms with E-state index in [1.54, 1.807) is 0 Å². The van der Waals surface area contributed by atoms with E-state index in [1.807, 2.05) is 78.6 Å². The number of anilines is 2. The molecule has 4 rings (SSSR count). The first kappa shape index (κ1) is 19.8. The monoisotopic (exact) mass is 403 g/mol. The third-order valence-corrected chi connectivity index (χ3v) is 5.10. The van der Waals surface area contributed by atoms with Crippen LogP contribution in [0.4, 0.5) is 11.4 Å². The summed E-state index contributed by atoms with van der Waals surface area (Å²) in [6, 6.07) is 21.3. The lowest BCUT2D eigenvalue weighted by Crippen LogP contribution is -2.50. The maximum atomic E-state index is 12.9. The molecule has 1 aliphatic heterocycles. The Labute approximate surface area is 175 Å². The number of amides is 2. The van der Waals surface area contributed by atoms with Gasteiger partial charge in [-0.05, 0) is 30.0 Å². The summed E-state index contributed by atoms with van der Waals surface area (Å²) in [5, 5.41) is 7.96. The molecule has 154 valence electrons. The number of nitrogens with zero attached hydrogens (tertiary/aromatic N) is 1. The van der Waals surface area contributed by atoms with E-state index in [0.717, 1.165) is 28.6 Å². The van der Waals surface area contributed by atoms with E-state index < -0.39 is 6.10 Å². The van der Waals surface area contributed by atoms with E-state index in [0.29, 0.717) is 18.8 Å². The van der Waals surface area contributed by atoms with Crippen LogP contribution >= 0.6 is 0 Å². The molecule has 1 atom stereocenters. The van der Waals surface area contributed by atoms with Gasteiger partial charge < -0.3 is 20.3 Å². The Kier molecular flexibility index (Phi) is 5.84. The molecule has 0 spiro atoms. The summed E-state index contributed by atoms with van der Waals surface area (Å²) in [5.74, 6) is 0.306. The lowest BCUT2D eigenvalue weighted by Gasteiger charge is -2.35. The number of para-hydroxylation sites is 2. The third-order valence-electron chi connectivity index (χ3n) is 5.10. The zero-order chi connectivity index (χ0) is 20.9. The van der Waals surface area contributed by atoms with Crippen LogP contribution < -0.4 is 20.3 Å². The average molecular weight is 403 g/mol. The number of benzene rings is 3. The molecule has 2 N–H and O–H groups in total. The molecule has 0 saturated heterocycles. The minimum absolute atomic E-state index is 0.126. The van der Waals surface area contributed by atoms with Gasteiger partial charge in [-0.25, -0.2) is 0 Å². The first-order valence-corrected chi connectivity index (χ1v) is 10.2. The highest BCUT2D eigenvalue weighted by Gasteiger charge is 2.31. The lowest BCUT2D eigenvalue weighted by atomic mass is 10.1. The van der Waals surface area contributed by atoms with E-state index in [2.05, 4.69) is 10.6 Å². The molecule has 0 aliphatic carbocycles. The summed E-state index contributed by atoms with van der Waals surface area (Å²) in [6.07, 6.45) is 0.198. The highest BCUT2D eigenvalue weighted by atomic mass is 16.5. The number of rotatable bonds is 6. The zero-order valence-corrected chi connectivity index (χ0v) is 16.9. The smallest absolute Gasteiger partial charge is 0.262 e. The molecule has 6 nitrogen and oxygen atoms in total. The average Bonchev–Trinajstić information content (AvgIpc) is 2.77. The SMILES string of the molecule is CCCNC(=O)[C@@H]1CN(CC(=O)Nc2cccc3ccccc23)c2ccccc2O1. The fraction of sp³-hybridized carbons (Fsp3) is 0.250. The molecule has 3 aromatic rings. The Hall–Kier alpha value is -3.54. The first-order valence-electron chi connectivity index (χ1n) is 10.2. The predicted octanol–water partition coefficient (Wildman–Crippen LogP) is 3.57. The minimum Gasteiger partial charge on any atom is -0.477 e. The van der Waals surface area contributed by atoms with Crippen molar-refractivity contribution in [2.75, 3.05) is 29.9 Å². The number of fused-ring (bicyclic) bond motifs is 2. The zero-order valence-electron chi connectivity index (χ0n) is 16.9. The number of carbonyl (C=O) groups is 2. The molecule has 0 unspecified atom stereocenters. The molecule has 0 bridgehead atoms. The van der Waals surface area contributed by atoms with Crippen molar-refractivity contribution in [1.82, 2.24) is 5.32 Å². The fourth-order valence-electron chi connectivity index (χ4n) is 3.65. The van der Waals surface area contributed by atoms with E-state index in [9.17, 15) is 9.59 Å². The summed E-state index contributed by atoms with van der Waals surface area (Å²) in [5.41, 5.74) is 1.59. The van der Waals surface area contributed by atoms with E-state index in [-0.39, 0.29) is 18.4 Å². The number of nitrogens with one attached hydrogen (secondary N) is 2. The number of hydrogen-bond donors (Lipinski definition) is 2. The van der Waals surface area contributed by atoms with Crippen molar-refractivity contribution in [3.8, 4) is 5.75 Å². The van der Waals surface area contributed by atoms with Gasteiger partial charge in [-0.15, -0.1) is 0 Å². The third kappa shape index (κ3) is 4.22. The summed E-state index contributed by atoms with van der Waals surface area (Å²) in [7, 11) is 0. The topological polar surface area (TPSA) is 70.7 Å². The highest BCUT2D eigenvalue weighted by Crippen LogP contribution is 2.33. The molecule has 0 aromatic heterocycles.